The van der Waals surface area contributed by atoms with E-state index in [4.69, 9.17) is 0 Å². The fraction of sp³-hybridized carbons (Fsp3) is 0.100. The van der Waals surface area contributed by atoms with Crippen molar-refractivity contribution in [1.82, 2.24) is 9.97 Å². The van der Waals surface area contributed by atoms with E-state index >= 15 is 0 Å². The summed E-state index contributed by atoms with van der Waals surface area (Å²) in [5, 5.41) is 0. The van der Waals surface area contributed by atoms with Crippen LogP contribution in [0.4, 0.5) is 0 Å². The third-order valence-electron chi connectivity index (χ3n) is 2.00. The van der Waals surface area contributed by atoms with Gasteiger partial charge in [-0.3, -0.25) is 0 Å². The molecule has 0 aliphatic heterocycles. The van der Waals surface area contributed by atoms with Crippen molar-refractivity contribution in [2.75, 3.05) is 6.26 Å². The van der Waals surface area contributed by atoms with Crippen LogP contribution >= 0.6 is 11.8 Å². The first-order valence-electron chi connectivity index (χ1n) is 4.22. The molecule has 2 rings (SSSR count). The molecule has 0 saturated heterocycles. The van der Waals surface area contributed by atoms with E-state index in [9.17, 15) is 4.79 Å². The van der Waals surface area contributed by atoms with Crippen LogP contribution in [-0.4, -0.2) is 16.2 Å². The molecule has 0 atom stereocenters. The van der Waals surface area contributed by atoms with Crippen molar-refractivity contribution < 1.29 is 0 Å². The Labute approximate surface area is 85.6 Å². The van der Waals surface area contributed by atoms with Gasteiger partial charge >= 0.3 is 5.69 Å². The second-order valence-electron chi connectivity index (χ2n) is 2.88. The molecule has 3 nitrogen and oxygen atoms in total. The molecule has 0 spiro atoms. The number of imidazole rings is 1. The summed E-state index contributed by atoms with van der Waals surface area (Å²) in [6.07, 6.45) is 3.71. The number of thioether (sulfide) groups is 1. The van der Waals surface area contributed by atoms with Crippen molar-refractivity contribution in [3.63, 3.8) is 0 Å². The maximum Gasteiger partial charge on any atom is 0.323 e. The van der Waals surface area contributed by atoms with E-state index < -0.39 is 0 Å². The molecular weight excluding hydrogens is 196 g/mol. The zero-order chi connectivity index (χ0) is 9.97. The van der Waals surface area contributed by atoms with Gasteiger partial charge in [0.05, 0.1) is 5.69 Å². The number of hydrogen-bond acceptors (Lipinski definition) is 2. The number of rotatable bonds is 2. The van der Waals surface area contributed by atoms with Crippen LogP contribution in [0.3, 0.4) is 0 Å². The Hall–Kier alpha value is -1.42. The topological polar surface area (TPSA) is 48.6 Å². The van der Waals surface area contributed by atoms with Crippen LogP contribution in [0.15, 0.2) is 40.2 Å². The van der Waals surface area contributed by atoms with Crippen molar-refractivity contribution in [3.8, 4) is 11.3 Å². The van der Waals surface area contributed by atoms with E-state index in [0.717, 1.165) is 11.3 Å². The molecule has 0 aliphatic rings. The Kier molecular flexibility index (Phi) is 2.45. The molecule has 1 aromatic heterocycles. The standard InChI is InChI=1S/C10H10N2OS/c1-14-8-4-2-7(3-5-8)9-6-11-10(13)12-9/h2-6H,1H3,(H2,11,12,13). The van der Waals surface area contributed by atoms with Gasteiger partial charge in [0.2, 0.25) is 0 Å². The predicted molar refractivity (Wildman–Crippen MR) is 58.6 cm³/mol. The Bertz CT molecular complexity index is 469. The fourth-order valence-electron chi connectivity index (χ4n) is 1.26. The summed E-state index contributed by atoms with van der Waals surface area (Å²) < 4.78 is 0. The largest absolute Gasteiger partial charge is 0.323 e. The van der Waals surface area contributed by atoms with Crippen molar-refractivity contribution in [2.45, 2.75) is 4.90 Å². The molecule has 0 saturated carbocycles. The molecular formula is C10H10N2OS. The van der Waals surface area contributed by atoms with Crippen molar-refractivity contribution in [2.24, 2.45) is 0 Å². The number of aromatic nitrogens is 2. The second-order valence-corrected chi connectivity index (χ2v) is 3.76. The lowest BCUT2D eigenvalue weighted by atomic mass is 10.2. The molecule has 4 heteroatoms. The number of nitrogens with one attached hydrogen (secondary N) is 2. The zero-order valence-corrected chi connectivity index (χ0v) is 8.52. The average molecular weight is 206 g/mol. The van der Waals surface area contributed by atoms with Gasteiger partial charge in [-0.1, -0.05) is 12.1 Å². The number of benzene rings is 1. The normalized spacial score (nSPS) is 10.4. The molecule has 0 unspecified atom stereocenters. The molecule has 0 bridgehead atoms. The number of aromatic amines is 2. The molecule has 0 aliphatic carbocycles. The molecule has 0 amide bonds. The molecule has 1 aromatic carbocycles. The second kappa shape index (κ2) is 3.75. The minimum Gasteiger partial charge on any atom is -0.312 e. The third kappa shape index (κ3) is 1.75. The van der Waals surface area contributed by atoms with E-state index in [1.54, 1.807) is 18.0 Å². The molecule has 14 heavy (non-hydrogen) atoms. The quantitative estimate of drug-likeness (QED) is 0.739. The van der Waals surface area contributed by atoms with E-state index in [1.807, 2.05) is 30.5 Å². The van der Waals surface area contributed by atoms with E-state index in [1.165, 1.54) is 4.90 Å². The fourth-order valence-corrected chi connectivity index (χ4v) is 1.67. The van der Waals surface area contributed by atoms with Crippen LogP contribution in [0.2, 0.25) is 0 Å². The summed E-state index contributed by atoms with van der Waals surface area (Å²) in [7, 11) is 0. The molecule has 2 aromatic rings. The Morgan fingerprint density at radius 2 is 1.93 bits per heavy atom. The lowest BCUT2D eigenvalue weighted by Gasteiger charge is -1.98. The summed E-state index contributed by atoms with van der Waals surface area (Å²) in [6.45, 7) is 0. The van der Waals surface area contributed by atoms with Crippen LogP contribution < -0.4 is 5.69 Å². The van der Waals surface area contributed by atoms with Gasteiger partial charge in [-0.15, -0.1) is 11.8 Å². The van der Waals surface area contributed by atoms with E-state index in [-0.39, 0.29) is 5.69 Å². The van der Waals surface area contributed by atoms with Crippen molar-refractivity contribution >= 4 is 11.8 Å². The maximum atomic E-state index is 10.9. The molecule has 72 valence electrons. The molecule has 0 radical (unpaired) electrons. The summed E-state index contributed by atoms with van der Waals surface area (Å²) in [6, 6.07) is 8.05. The minimum absolute atomic E-state index is 0.172. The first-order chi connectivity index (χ1) is 6.79. The maximum absolute atomic E-state index is 10.9. The molecule has 2 N–H and O–H groups in total. The van der Waals surface area contributed by atoms with Crippen LogP contribution in [0.1, 0.15) is 0 Å². The SMILES string of the molecule is CSc1ccc(-c2c[nH]c(=O)[nH]2)cc1. The summed E-state index contributed by atoms with van der Waals surface area (Å²) in [5.41, 5.74) is 1.66. The van der Waals surface area contributed by atoms with Crippen molar-refractivity contribution in [3.05, 3.63) is 40.9 Å². The minimum atomic E-state index is -0.172. The summed E-state index contributed by atoms with van der Waals surface area (Å²) >= 11 is 1.70. The molecule has 0 fully saturated rings. The van der Waals surface area contributed by atoms with Crippen LogP contribution in [0.25, 0.3) is 11.3 Å². The first kappa shape index (κ1) is 9.15. The van der Waals surface area contributed by atoms with Gasteiger partial charge in [0.1, 0.15) is 0 Å². The van der Waals surface area contributed by atoms with Crippen LogP contribution in [0.5, 0.6) is 0 Å². The van der Waals surface area contributed by atoms with Gasteiger partial charge in [-0.25, -0.2) is 4.79 Å². The lowest BCUT2D eigenvalue weighted by molar-refractivity contribution is 1.19. The lowest BCUT2D eigenvalue weighted by Crippen LogP contribution is -1.99. The van der Waals surface area contributed by atoms with Gasteiger partial charge in [0.25, 0.3) is 0 Å². The van der Waals surface area contributed by atoms with Gasteiger partial charge in [-0.2, -0.15) is 0 Å². The Balaban J connectivity index is 2.38. The van der Waals surface area contributed by atoms with E-state index in [0.29, 0.717) is 0 Å². The van der Waals surface area contributed by atoms with Gasteiger partial charge in [-0.05, 0) is 24.0 Å². The first-order valence-corrected chi connectivity index (χ1v) is 5.44. The van der Waals surface area contributed by atoms with Gasteiger partial charge < -0.3 is 9.97 Å². The summed E-state index contributed by atoms with van der Waals surface area (Å²) in [4.78, 5) is 17.4. The highest BCUT2D eigenvalue weighted by molar-refractivity contribution is 7.98. The summed E-state index contributed by atoms with van der Waals surface area (Å²) in [5.74, 6) is 0. The highest BCUT2D eigenvalue weighted by Crippen LogP contribution is 2.20. The zero-order valence-electron chi connectivity index (χ0n) is 7.70. The highest BCUT2D eigenvalue weighted by Gasteiger charge is 1.99. The number of hydrogen-bond donors (Lipinski definition) is 2. The van der Waals surface area contributed by atoms with Crippen LogP contribution in [-0.2, 0) is 0 Å². The Morgan fingerprint density at radius 3 is 2.43 bits per heavy atom. The average Bonchev–Trinajstić information content (AvgIpc) is 2.65. The van der Waals surface area contributed by atoms with Crippen molar-refractivity contribution in [1.29, 1.82) is 0 Å². The van der Waals surface area contributed by atoms with Gasteiger partial charge in [0.15, 0.2) is 0 Å². The van der Waals surface area contributed by atoms with Gasteiger partial charge in [0, 0.05) is 11.1 Å². The van der Waals surface area contributed by atoms with Crippen LogP contribution in [0, 0.1) is 0 Å². The monoisotopic (exact) mass is 206 g/mol. The highest BCUT2D eigenvalue weighted by atomic mass is 32.2. The predicted octanol–water partition coefficient (Wildman–Crippen LogP) is 2.09. The third-order valence-corrected chi connectivity index (χ3v) is 2.74. The Morgan fingerprint density at radius 1 is 1.21 bits per heavy atom. The molecule has 1 heterocycles. The number of H-pyrrole nitrogens is 2. The smallest absolute Gasteiger partial charge is 0.312 e. The van der Waals surface area contributed by atoms with E-state index in [2.05, 4.69) is 9.97 Å².